The molecule has 0 aliphatic carbocycles. The SMILES string of the molecule is CC(C)(CCC=O)C([N])=O. The van der Waals surface area contributed by atoms with Crippen molar-refractivity contribution in [1.29, 1.82) is 0 Å². The fraction of sp³-hybridized carbons (Fsp3) is 0.714. The van der Waals surface area contributed by atoms with E-state index in [4.69, 9.17) is 5.73 Å². The van der Waals surface area contributed by atoms with Gasteiger partial charge in [0.1, 0.15) is 6.29 Å². The Hall–Kier alpha value is -0.860. The largest absolute Gasteiger partial charge is 0.303 e. The van der Waals surface area contributed by atoms with Gasteiger partial charge in [-0.15, -0.1) is 5.73 Å². The zero-order valence-electron chi connectivity index (χ0n) is 6.26. The van der Waals surface area contributed by atoms with Gasteiger partial charge in [0.25, 0.3) is 5.91 Å². The number of amides is 1. The van der Waals surface area contributed by atoms with E-state index in [1.165, 1.54) is 0 Å². The second-order valence-electron chi connectivity index (χ2n) is 2.89. The smallest absolute Gasteiger partial charge is 0.270 e. The molecule has 10 heavy (non-hydrogen) atoms. The Balaban J connectivity index is 3.86. The van der Waals surface area contributed by atoms with Crippen molar-refractivity contribution in [2.24, 2.45) is 5.41 Å². The number of carbonyl (C=O) groups is 2. The van der Waals surface area contributed by atoms with Crippen molar-refractivity contribution in [2.75, 3.05) is 0 Å². The molecule has 0 saturated heterocycles. The number of hydrogen-bond acceptors (Lipinski definition) is 2. The molecule has 56 valence electrons. The van der Waals surface area contributed by atoms with E-state index in [1.807, 2.05) is 0 Å². The van der Waals surface area contributed by atoms with Crippen LogP contribution in [0.5, 0.6) is 0 Å². The molecule has 0 fully saturated rings. The Morgan fingerprint density at radius 3 is 2.40 bits per heavy atom. The van der Waals surface area contributed by atoms with E-state index in [2.05, 4.69) is 0 Å². The van der Waals surface area contributed by atoms with E-state index in [-0.39, 0.29) is 0 Å². The zero-order valence-corrected chi connectivity index (χ0v) is 6.26. The van der Waals surface area contributed by atoms with Crippen LogP contribution < -0.4 is 5.73 Å². The van der Waals surface area contributed by atoms with Gasteiger partial charge in [0.15, 0.2) is 0 Å². The fourth-order valence-corrected chi connectivity index (χ4v) is 0.527. The maximum Gasteiger partial charge on any atom is 0.270 e. The van der Waals surface area contributed by atoms with E-state index in [0.29, 0.717) is 12.8 Å². The summed E-state index contributed by atoms with van der Waals surface area (Å²) in [6.07, 6.45) is 1.47. The summed E-state index contributed by atoms with van der Waals surface area (Å²) < 4.78 is 0. The van der Waals surface area contributed by atoms with Crippen LogP contribution in [0.2, 0.25) is 0 Å². The van der Waals surface area contributed by atoms with E-state index in [0.717, 1.165) is 6.29 Å². The number of nitrogens with zero attached hydrogens (tertiary/aromatic N) is 1. The molecule has 0 aromatic heterocycles. The van der Waals surface area contributed by atoms with Crippen LogP contribution in [-0.2, 0) is 9.59 Å². The molecule has 1 amide bonds. The summed E-state index contributed by atoms with van der Waals surface area (Å²) >= 11 is 0. The maximum absolute atomic E-state index is 10.4. The standard InChI is InChI=1S/C7H11NO2/c1-7(2,6(8)10)4-3-5-9/h5H,3-4H2,1-2H3. The number of carbonyl (C=O) groups excluding carboxylic acids is 2. The molecule has 0 rings (SSSR count). The van der Waals surface area contributed by atoms with Crippen molar-refractivity contribution in [3.05, 3.63) is 0 Å². The van der Waals surface area contributed by atoms with Crippen molar-refractivity contribution in [2.45, 2.75) is 26.7 Å². The summed E-state index contributed by atoms with van der Waals surface area (Å²) in [7, 11) is 0. The molecule has 3 nitrogen and oxygen atoms in total. The van der Waals surface area contributed by atoms with Crippen LogP contribution in [0.4, 0.5) is 0 Å². The number of rotatable bonds is 4. The minimum Gasteiger partial charge on any atom is -0.303 e. The molecule has 0 saturated carbocycles. The molecule has 0 aliphatic heterocycles. The molecule has 0 aromatic carbocycles. The van der Waals surface area contributed by atoms with Gasteiger partial charge in [0.2, 0.25) is 0 Å². The summed E-state index contributed by atoms with van der Waals surface area (Å²) in [5.41, 5.74) is 7.79. The third kappa shape index (κ3) is 2.62. The molecule has 0 unspecified atom stereocenters. The Kier molecular flexibility index (Phi) is 3.06. The Labute approximate surface area is 60.6 Å². The molecule has 0 N–H and O–H groups in total. The van der Waals surface area contributed by atoms with Crippen LogP contribution in [0.25, 0.3) is 0 Å². The van der Waals surface area contributed by atoms with Gasteiger partial charge in [-0.1, -0.05) is 13.8 Å². The second-order valence-corrected chi connectivity index (χ2v) is 2.89. The minimum atomic E-state index is -0.852. The van der Waals surface area contributed by atoms with Gasteiger partial charge in [0, 0.05) is 11.8 Å². The average molecular weight is 141 g/mol. The van der Waals surface area contributed by atoms with Crippen LogP contribution in [0, 0.1) is 5.41 Å². The summed E-state index contributed by atoms with van der Waals surface area (Å²) in [4.78, 5) is 20.3. The molecule has 0 heterocycles. The summed E-state index contributed by atoms with van der Waals surface area (Å²) in [5, 5.41) is 0. The van der Waals surface area contributed by atoms with Gasteiger partial charge in [0.05, 0.1) is 0 Å². The monoisotopic (exact) mass is 141 g/mol. The maximum atomic E-state index is 10.4. The first-order chi connectivity index (χ1) is 4.50. The fourth-order valence-electron chi connectivity index (χ4n) is 0.527. The summed E-state index contributed by atoms with van der Waals surface area (Å²) in [6, 6.07) is 0. The topological polar surface area (TPSA) is 56.4 Å². The molecule has 0 spiro atoms. The van der Waals surface area contributed by atoms with Crippen LogP contribution in [-0.4, -0.2) is 12.2 Å². The van der Waals surface area contributed by atoms with Crippen molar-refractivity contribution in [3.63, 3.8) is 0 Å². The predicted molar refractivity (Wildman–Crippen MR) is 36.2 cm³/mol. The molecule has 2 radical (unpaired) electrons. The van der Waals surface area contributed by atoms with Crippen LogP contribution in [0.3, 0.4) is 0 Å². The van der Waals surface area contributed by atoms with Gasteiger partial charge in [-0.3, -0.25) is 4.79 Å². The van der Waals surface area contributed by atoms with Crippen molar-refractivity contribution in [3.8, 4) is 0 Å². The van der Waals surface area contributed by atoms with E-state index in [1.54, 1.807) is 13.8 Å². The lowest BCUT2D eigenvalue weighted by atomic mass is 9.87. The van der Waals surface area contributed by atoms with Crippen molar-refractivity contribution >= 4 is 12.2 Å². The quantitative estimate of drug-likeness (QED) is 0.538. The highest BCUT2D eigenvalue weighted by molar-refractivity contribution is 5.79. The summed E-state index contributed by atoms with van der Waals surface area (Å²) in [5.74, 6) is -0.852. The highest BCUT2D eigenvalue weighted by Crippen LogP contribution is 2.20. The van der Waals surface area contributed by atoms with E-state index in [9.17, 15) is 9.59 Å². The molecule has 0 atom stereocenters. The van der Waals surface area contributed by atoms with Gasteiger partial charge in [-0.2, -0.15) is 0 Å². The highest BCUT2D eigenvalue weighted by Gasteiger charge is 2.25. The Morgan fingerprint density at radius 1 is 1.60 bits per heavy atom. The molecular weight excluding hydrogens is 130 g/mol. The first-order valence-electron chi connectivity index (χ1n) is 3.18. The van der Waals surface area contributed by atoms with Crippen molar-refractivity contribution in [1.82, 2.24) is 5.73 Å². The molecule has 0 bridgehead atoms. The zero-order chi connectivity index (χ0) is 8.20. The molecule has 0 aliphatic rings. The van der Waals surface area contributed by atoms with Gasteiger partial charge in [-0.05, 0) is 6.42 Å². The molecule has 0 aromatic rings. The van der Waals surface area contributed by atoms with Crippen molar-refractivity contribution < 1.29 is 9.59 Å². The first-order valence-corrected chi connectivity index (χ1v) is 3.18. The van der Waals surface area contributed by atoms with Gasteiger partial charge < -0.3 is 4.79 Å². The van der Waals surface area contributed by atoms with E-state index < -0.39 is 11.3 Å². The Bertz CT molecular complexity index is 141. The third-order valence-corrected chi connectivity index (χ3v) is 1.47. The Morgan fingerprint density at radius 2 is 2.10 bits per heavy atom. The van der Waals surface area contributed by atoms with Crippen LogP contribution >= 0.6 is 0 Å². The summed E-state index contributed by atoms with van der Waals surface area (Å²) in [6.45, 7) is 3.22. The second kappa shape index (κ2) is 3.34. The average Bonchev–Trinajstić information content (AvgIpc) is 1.84. The molecular formula is C7H11NO2. The van der Waals surface area contributed by atoms with Gasteiger partial charge >= 0.3 is 0 Å². The van der Waals surface area contributed by atoms with Crippen LogP contribution in [0.15, 0.2) is 0 Å². The molecule has 3 heteroatoms. The third-order valence-electron chi connectivity index (χ3n) is 1.47. The highest BCUT2D eigenvalue weighted by atomic mass is 16.1. The predicted octanol–water partition coefficient (Wildman–Crippen LogP) is 0.587. The lowest BCUT2D eigenvalue weighted by Gasteiger charge is -2.16. The number of hydrogen-bond donors (Lipinski definition) is 0. The minimum absolute atomic E-state index is 0.319. The van der Waals surface area contributed by atoms with Crippen LogP contribution in [0.1, 0.15) is 26.7 Å². The lowest BCUT2D eigenvalue weighted by molar-refractivity contribution is -0.127. The van der Waals surface area contributed by atoms with Gasteiger partial charge in [-0.25, -0.2) is 0 Å². The lowest BCUT2D eigenvalue weighted by Crippen LogP contribution is -2.24. The number of aldehydes is 1. The normalized spacial score (nSPS) is 11.0. The first kappa shape index (κ1) is 9.14. The van der Waals surface area contributed by atoms with E-state index >= 15 is 0 Å².